The average molecular weight is 330 g/mol. The third-order valence-electron chi connectivity index (χ3n) is 4.43. The molecule has 1 aliphatic rings. The second-order valence-electron chi connectivity index (χ2n) is 7.08. The third-order valence-corrected chi connectivity index (χ3v) is 4.43. The van der Waals surface area contributed by atoms with Gasteiger partial charge in [0.25, 0.3) is 0 Å². The van der Waals surface area contributed by atoms with Crippen LogP contribution in [0.25, 0.3) is 5.69 Å². The number of para-hydroxylation sites is 1. The molecule has 130 valence electrons. The predicted molar refractivity (Wildman–Crippen MR) is 93.3 cm³/mol. The van der Waals surface area contributed by atoms with Crippen LogP contribution in [0.1, 0.15) is 27.7 Å². The van der Waals surface area contributed by atoms with Gasteiger partial charge in [0.15, 0.2) is 0 Å². The Bertz CT molecular complexity index is 646. The first-order valence-electron chi connectivity index (χ1n) is 8.44. The molecule has 1 aliphatic heterocycles. The molecule has 0 unspecified atom stereocenters. The molecule has 0 radical (unpaired) electrons. The Morgan fingerprint density at radius 1 is 1.17 bits per heavy atom. The van der Waals surface area contributed by atoms with Gasteiger partial charge in [-0.2, -0.15) is 4.68 Å². The third kappa shape index (κ3) is 3.73. The number of aromatic nitrogens is 4. The summed E-state index contributed by atoms with van der Waals surface area (Å²) >= 11 is 0. The van der Waals surface area contributed by atoms with E-state index in [-0.39, 0.29) is 17.7 Å². The molecule has 0 aliphatic carbocycles. The summed E-state index contributed by atoms with van der Waals surface area (Å²) in [7, 11) is 0. The van der Waals surface area contributed by atoms with Gasteiger partial charge in [-0.05, 0) is 50.3 Å². The number of hydrogen-bond acceptors (Lipinski definition) is 6. The number of ether oxygens (including phenoxy) is 1. The van der Waals surface area contributed by atoms with Crippen molar-refractivity contribution in [3.63, 3.8) is 0 Å². The van der Waals surface area contributed by atoms with Crippen molar-refractivity contribution in [3.05, 3.63) is 30.3 Å². The number of benzene rings is 1. The molecule has 3 rings (SSSR count). The number of anilines is 1. The zero-order valence-electron chi connectivity index (χ0n) is 14.8. The van der Waals surface area contributed by atoms with Gasteiger partial charge in [0.2, 0.25) is 5.95 Å². The average Bonchev–Trinajstić information content (AvgIpc) is 3.01. The van der Waals surface area contributed by atoms with Gasteiger partial charge in [0.05, 0.1) is 17.9 Å². The summed E-state index contributed by atoms with van der Waals surface area (Å²) in [5.41, 5.74) is 0.913. The van der Waals surface area contributed by atoms with Crippen LogP contribution in [0.5, 0.6) is 0 Å². The largest absolute Gasteiger partial charge is 0.373 e. The first kappa shape index (κ1) is 16.9. The summed E-state index contributed by atoms with van der Waals surface area (Å²) in [5, 5.41) is 15.4. The number of nitrogens with one attached hydrogen (secondary N) is 1. The smallest absolute Gasteiger partial charge is 0.247 e. The minimum absolute atomic E-state index is 0.0280. The SMILES string of the molecule is C[C@@H]1CN(C(C)(C)CNc2nnnn2-c2ccccc2)C[C@@H](C)O1. The molecule has 24 heavy (non-hydrogen) atoms. The lowest BCUT2D eigenvalue weighted by Gasteiger charge is -2.45. The summed E-state index contributed by atoms with van der Waals surface area (Å²) in [6.07, 6.45) is 0.505. The summed E-state index contributed by atoms with van der Waals surface area (Å²) in [6.45, 7) is 11.3. The van der Waals surface area contributed by atoms with Crippen molar-refractivity contribution < 1.29 is 4.74 Å². The summed E-state index contributed by atoms with van der Waals surface area (Å²) in [4.78, 5) is 2.47. The van der Waals surface area contributed by atoms with Crippen LogP contribution in [0, 0.1) is 0 Å². The molecule has 2 heterocycles. The molecule has 0 bridgehead atoms. The van der Waals surface area contributed by atoms with Crippen molar-refractivity contribution in [2.75, 3.05) is 25.0 Å². The van der Waals surface area contributed by atoms with Crippen LogP contribution in [0.15, 0.2) is 30.3 Å². The Morgan fingerprint density at radius 3 is 2.50 bits per heavy atom. The first-order valence-corrected chi connectivity index (χ1v) is 8.44. The molecule has 1 N–H and O–H groups in total. The van der Waals surface area contributed by atoms with E-state index in [9.17, 15) is 0 Å². The van der Waals surface area contributed by atoms with E-state index in [4.69, 9.17) is 4.74 Å². The monoisotopic (exact) mass is 330 g/mol. The number of rotatable bonds is 5. The Labute approximate surface area is 143 Å². The molecule has 1 aromatic heterocycles. The van der Waals surface area contributed by atoms with Crippen molar-refractivity contribution in [2.24, 2.45) is 0 Å². The van der Waals surface area contributed by atoms with Gasteiger partial charge in [0.1, 0.15) is 0 Å². The topological polar surface area (TPSA) is 68.1 Å². The molecule has 2 aromatic rings. The fourth-order valence-electron chi connectivity index (χ4n) is 3.12. The van der Waals surface area contributed by atoms with Crippen LogP contribution in [0.4, 0.5) is 5.95 Å². The van der Waals surface area contributed by atoms with Gasteiger partial charge in [-0.3, -0.25) is 4.90 Å². The minimum Gasteiger partial charge on any atom is -0.373 e. The lowest BCUT2D eigenvalue weighted by molar-refractivity contribution is -0.0933. The second kappa shape index (κ2) is 6.86. The molecule has 0 amide bonds. The van der Waals surface area contributed by atoms with E-state index in [2.05, 4.69) is 53.4 Å². The highest BCUT2D eigenvalue weighted by molar-refractivity contribution is 5.38. The highest BCUT2D eigenvalue weighted by Gasteiger charge is 2.33. The molecular formula is C17H26N6O. The maximum atomic E-state index is 5.84. The highest BCUT2D eigenvalue weighted by atomic mass is 16.5. The quantitative estimate of drug-likeness (QED) is 0.904. The fourth-order valence-corrected chi connectivity index (χ4v) is 3.12. The molecule has 1 saturated heterocycles. The van der Waals surface area contributed by atoms with Gasteiger partial charge in [0, 0.05) is 25.2 Å². The molecule has 0 spiro atoms. The molecule has 2 atom stereocenters. The normalized spacial score (nSPS) is 22.5. The highest BCUT2D eigenvalue weighted by Crippen LogP contribution is 2.22. The Morgan fingerprint density at radius 2 is 1.83 bits per heavy atom. The minimum atomic E-state index is -0.0280. The van der Waals surface area contributed by atoms with Crippen molar-refractivity contribution in [1.29, 1.82) is 0 Å². The van der Waals surface area contributed by atoms with E-state index in [1.54, 1.807) is 4.68 Å². The van der Waals surface area contributed by atoms with Crippen LogP contribution < -0.4 is 5.32 Å². The van der Waals surface area contributed by atoms with E-state index in [1.165, 1.54) is 0 Å². The molecule has 1 aromatic carbocycles. The Hall–Kier alpha value is -1.99. The summed E-state index contributed by atoms with van der Waals surface area (Å²) in [6, 6.07) is 9.89. The number of hydrogen-bond donors (Lipinski definition) is 1. The van der Waals surface area contributed by atoms with Crippen molar-refractivity contribution >= 4 is 5.95 Å². The van der Waals surface area contributed by atoms with E-state index >= 15 is 0 Å². The van der Waals surface area contributed by atoms with E-state index in [0.29, 0.717) is 5.95 Å². The van der Waals surface area contributed by atoms with Gasteiger partial charge in [-0.25, -0.2) is 0 Å². The van der Waals surface area contributed by atoms with E-state index in [0.717, 1.165) is 25.3 Å². The number of nitrogens with zero attached hydrogens (tertiary/aromatic N) is 5. The van der Waals surface area contributed by atoms with Gasteiger partial charge < -0.3 is 10.1 Å². The van der Waals surface area contributed by atoms with Crippen molar-refractivity contribution in [1.82, 2.24) is 25.1 Å². The maximum absolute atomic E-state index is 5.84. The molecular weight excluding hydrogens is 304 g/mol. The Balaban J connectivity index is 1.68. The molecule has 7 nitrogen and oxygen atoms in total. The van der Waals surface area contributed by atoms with Gasteiger partial charge in [-0.15, -0.1) is 0 Å². The van der Waals surface area contributed by atoms with Crippen molar-refractivity contribution in [2.45, 2.75) is 45.4 Å². The molecule has 1 fully saturated rings. The zero-order valence-corrected chi connectivity index (χ0v) is 14.8. The van der Waals surface area contributed by atoms with E-state index < -0.39 is 0 Å². The van der Waals surface area contributed by atoms with Crippen LogP contribution in [0.2, 0.25) is 0 Å². The van der Waals surface area contributed by atoms with Gasteiger partial charge >= 0.3 is 0 Å². The fraction of sp³-hybridized carbons (Fsp3) is 0.588. The maximum Gasteiger partial charge on any atom is 0.247 e. The molecule has 7 heteroatoms. The van der Waals surface area contributed by atoms with Crippen LogP contribution >= 0.6 is 0 Å². The van der Waals surface area contributed by atoms with E-state index in [1.807, 2.05) is 30.3 Å². The van der Waals surface area contributed by atoms with Crippen LogP contribution in [0.3, 0.4) is 0 Å². The standard InChI is InChI=1S/C17H26N6O/c1-13-10-22(11-14(2)24-13)17(3,4)12-18-16-19-20-21-23(16)15-8-6-5-7-9-15/h5-9,13-14H,10-12H2,1-4H3,(H,18,19,21)/t13-,14-/m1/s1. The van der Waals surface area contributed by atoms with Gasteiger partial charge in [-0.1, -0.05) is 23.3 Å². The second-order valence-corrected chi connectivity index (χ2v) is 7.08. The van der Waals surface area contributed by atoms with Crippen molar-refractivity contribution in [3.8, 4) is 5.69 Å². The predicted octanol–water partition coefficient (Wildman–Crippen LogP) is 1.96. The number of tetrazole rings is 1. The van der Waals surface area contributed by atoms with Crippen LogP contribution in [-0.4, -0.2) is 62.5 Å². The number of morpholine rings is 1. The van der Waals surface area contributed by atoms with Crippen LogP contribution in [-0.2, 0) is 4.74 Å². The summed E-state index contributed by atoms with van der Waals surface area (Å²) < 4.78 is 7.56. The zero-order chi connectivity index (χ0) is 17.2. The molecule has 0 saturated carbocycles. The lowest BCUT2D eigenvalue weighted by atomic mass is 10.00. The Kier molecular flexibility index (Phi) is 4.82. The summed E-state index contributed by atoms with van der Waals surface area (Å²) in [5.74, 6) is 0.656. The first-order chi connectivity index (χ1) is 11.5. The lowest BCUT2D eigenvalue weighted by Crippen LogP contribution is -2.57.